The van der Waals surface area contributed by atoms with Gasteiger partial charge in [-0.1, -0.05) is 6.42 Å². The highest BCUT2D eigenvalue weighted by Crippen LogP contribution is 2.10. The first-order valence-corrected chi connectivity index (χ1v) is 5.84. The van der Waals surface area contributed by atoms with Gasteiger partial charge in [-0.25, -0.2) is 0 Å². The first-order valence-electron chi connectivity index (χ1n) is 5.84. The molecule has 2 heterocycles. The van der Waals surface area contributed by atoms with Crippen LogP contribution in [0.3, 0.4) is 0 Å². The van der Waals surface area contributed by atoms with Crippen LogP contribution in [-0.2, 0) is 14.3 Å². The smallest absolute Gasteiger partial charge is 0.307 e. The number of piperidine rings is 1. The zero-order chi connectivity index (χ0) is 10.5. The van der Waals surface area contributed by atoms with Gasteiger partial charge in [0.25, 0.3) is 0 Å². The minimum absolute atomic E-state index is 0.0870. The summed E-state index contributed by atoms with van der Waals surface area (Å²) in [5.41, 5.74) is 0. The van der Waals surface area contributed by atoms with Crippen LogP contribution in [0.4, 0.5) is 0 Å². The van der Waals surface area contributed by atoms with E-state index in [1.54, 1.807) is 0 Å². The van der Waals surface area contributed by atoms with E-state index in [4.69, 9.17) is 9.47 Å². The van der Waals surface area contributed by atoms with Gasteiger partial charge in [0.05, 0.1) is 13.0 Å². The normalized spacial score (nSPS) is 26.3. The number of nitrogens with zero attached hydrogens (tertiary/aromatic N) is 1. The van der Waals surface area contributed by atoms with Gasteiger partial charge < -0.3 is 14.4 Å². The second kappa shape index (κ2) is 5.47. The highest BCUT2D eigenvalue weighted by molar-refractivity contribution is 5.69. The molecule has 2 saturated heterocycles. The van der Waals surface area contributed by atoms with E-state index in [0.717, 1.165) is 26.2 Å². The summed E-state index contributed by atoms with van der Waals surface area (Å²) in [7, 11) is 0. The van der Waals surface area contributed by atoms with Gasteiger partial charge in [-0.3, -0.25) is 4.79 Å². The number of hydrogen-bond donors (Lipinski definition) is 0. The summed E-state index contributed by atoms with van der Waals surface area (Å²) in [6.07, 6.45) is 4.58. The Morgan fingerprint density at radius 3 is 2.73 bits per heavy atom. The summed E-state index contributed by atoms with van der Waals surface area (Å²) >= 11 is 0. The van der Waals surface area contributed by atoms with E-state index < -0.39 is 0 Å². The Morgan fingerprint density at radius 2 is 2.07 bits per heavy atom. The van der Waals surface area contributed by atoms with E-state index in [9.17, 15) is 4.79 Å². The van der Waals surface area contributed by atoms with Crippen molar-refractivity contribution in [3.05, 3.63) is 0 Å². The van der Waals surface area contributed by atoms with E-state index in [0.29, 0.717) is 13.0 Å². The Labute approximate surface area is 90.5 Å². The molecule has 0 bridgehead atoms. The summed E-state index contributed by atoms with van der Waals surface area (Å²) in [6, 6.07) is 0. The van der Waals surface area contributed by atoms with Crippen LogP contribution >= 0.6 is 0 Å². The van der Waals surface area contributed by atoms with E-state index in [1.807, 2.05) is 0 Å². The largest absolute Gasteiger partial charge is 0.463 e. The fraction of sp³-hybridized carbons (Fsp3) is 0.909. The first-order chi connectivity index (χ1) is 7.34. The fourth-order valence-electron chi connectivity index (χ4n) is 1.85. The molecule has 15 heavy (non-hydrogen) atoms. The summed E-state index contributed by atoms with van der Waals surface area (Å²) in [5, 5.41) is 0. The van der Waals surface area contributed by atoms with E-state index in [2.05, 4.69) is 4.90 Å². The zero-order valence-corrected chi connectivity index (χ0v) is 9.11. The fourth-order valence-corrected chi connectivity index (χ4v) is 1.85. The molecule has 0 N–H and O–H groups in total. The lowest BCUT2D eigenvalue weighted by atomic mass is 10.1. The van der Waals surface area contributed by atoms with Crippen molar-refractivity contribution in [2.75, 3.05) is 32.8 Å². The van der Waals surface area contributed by atoms with E-state index in [1.165, 1.54) is 19.3 Å². The lowest BCUT2D eigenvalue weighted by molar-refractivity contribution is -0.144. The van der Waals surface area contributed by atoms with Gasteiger partial charge in [0.2, 0.25) is 0 Å². The summed E-state index contributed by atoms with van der Waals surface area (Å²) in [5.74, 6) is -0.0870. The van der Waals surface area contributed by atoms with E-state index >= 15 is 0 Å². The Morgan fingerprint density at radius 1 is 1.33 bits per heavy atom. The lowest BCUT2D eigenvalue weighted by Crippen LogP contribution is -2.32. The van der Waals surface area contributed by atoms with Crippen molar-refractivity contribution >= 4 is 5.97 Å². The Balaban J connectivity index is 1.53. The molecule has 4 nitrogen and oxygen atoms in total. The third-order valence-electron chi connectivity index (χ3n) is 2.91. The minimum Gasteiger partial charge on any atom is -0.463 e. The molecule has 0 unspecified atom stereocenters. The molecule has 2 rings (SSSR count). The predicted molar refractivity (Wildman–Crippen MR) is 55.6 cm³/mol. The molecule has 0 aromatic rings. The SMILES string of the molecule is O=C(CCN1CCCCC1)OC[C@@H]1CO1. The van der Waals surface area contributed by atoms with Crippen molar-refractivity contribution in [3.8, 4) is 0 Å². The maximum atomic E-state index is 11.3. The number of esters is 1. The number of hydrogen-bond acceptors (Lipinski definition) is 4. The third kappa shape index (κ3) is 4.18. The number of carbonyl (C=O) groups excluding carboxylic acids is 1. The Kier molecular flexibility index (Phi) is 3.97. The molecule has 2 aliphatic rings. The summed E-state index contributed by atoms with van der Waals surface area (Å²) < 4.78 is 10.0. The van der Waals surface area contributed by atoms with Crippen molar-refractivity contribution < 1.29 is 14.3 Å². The second-order valence-corrected chi connectivity index (χ2v) is 4.29. The lowest BCUT2D eigenvalue weighted by Gasteiger charge is -2.25. The number of ether oxygens (including phenoxy) is 2. The second-order valence-electron chi connectivity index (χ2n) is 4.29. The average molecular weight is 213 g/mol. The third-order valence-corrected chi connectivity index (χ3v) is 2.91. The molecule has 0 aromatic carbocycles. The molecule has 0 aromatic heterocycles. The van der Waals surface area contributed by atoms with Gasteiger partial charge >= 0.3 is 5.97 Å². The zero-order valence-electron chi connectivity index (χ0n) is 9.11. The first kappa shape index (κ1) is 10.9. The predicted octanol–water partition coefficient (Wildman–Crippen LogP) is 0.804. The van der Waals surface area contributed by atoms with Crippen molar-refractivity contribution in [1.29, 1.82) is 0 Å². The maximum Gasteiger partial charge on any atom is 0.307 e. The topological polar surface area (TPSA) is 42.1 Å². The molecule has 2 aliphatic heterocycles. The summed E-state index contributed by atoms with van der Waals surface area (Å²) in [4.78, 5) is 13.7. The van der Waals surface area contributed by atoms with Gasteiger partial charge in [-0.05, 0) is 25.9 Å². The van der Waals surface area contributed by atoms with Crippen molar-refractivity contribution in [2.45, 2.75) is 31.8 Å². The number of rotatable bonds is 5. The molecule has 0 radical (unpaired) electrons. The van der Waals surface area contributed by atoms with Crippen LogP contribution < -0.4 is 0 Å². The molecule has 2 fully saturated rings. The van der Waals surface area contributed by atoms with Crippen LogP contribution in [0.15, 0.2) is 0 Å². The monoisotopic (exact) mass is 213 g/mol. The number of likely N-dealkylation sites (tertiary alicyclic amines) is 1. The molecule has 0 aliphatic carbocycles. The van der Waals surface area contributed by atoms with Crippen LogP contribution in [0, 0.1) is 0 Å². The van der Waals surface area contributed by atoms with E-state index in [-0.39, 0.29) is 12.1 Å². The van der Waals surface area contributed by atoms with Gasteiger partial charge in [0, 0.05) is 6.54 Å². The Bertz CT molecular complexity index is 210. The van der Waals surface area contributed by atoms with Crippen LogP contribution in [0.5, 0.6) is 0 Å². The molecular formula is C11H19NO3. The van der Waals surface area contributed by atoms with Crippen LogP contribution in [0.2, 0.25) is 0 Å². The van der Waals surface area contributed by atoms with Gasteiger partial charge in [-0.15, -0.1) is 0 Å². The molecule has 1 atom stereocenters. The molecule has 0 spiro atoms. The number of carbonyl (C=O) groups is 1. The highest BCUT2D eigenvalue weighted by atomic mass is 16.6. The van der Waals surface area contributed by atoms with Gasteiger partial charge in [0.15, 0.2) is 0 Å². The van der Waals surface area contributed by atoms with Crippen LogP contribution in [0.25, 0.3) is 0 Å². The molecule has 4 heteroatoms. The van der Waals surface area contributed by atoms with Crippen molar-refractivity contribution in [1.82, 2.24) is 4.90 Å². The van der Waals surface area contributed by atoms with Gasteiger partial charge in [0.1, 0.15) is 12.7 Å². The molecule has 0 saturated carbocycles. The number of epoxide rings is 1. The minimum atomic E-state index is -0.0870. The maximum absolute atomic E-state index is 11.3. The van der Waals surface area contributed by atoms with Crippen LogP contribution in [0.1, 0.15) is 25.7 Å². The standard InChI is InChI=1S/C11H19NO3/c13-11(15-9-10-8-14-10)4-7-12-5-2-1-3-6-12/h10H,1-9H2/t10-/m0/s1. The highest BCUT2D eigenvalue weighted by Gasteiger charge is 2.24. The quantitative estimate of drug-likeness (QED) is 0.500. The molecular weight excluding hydrogens is 194 g/mol. The van der Waals surface area contributed by atoms with Crippen molar-refractivity contribution in [2.24, 2.45) is 0 Å². The Hall–Kier alpha value is -0.610. The van der Waals surface area contributed by atoms with Gasteiger partial charge in [-0.2, -0.15) is 0 Å². The van der Waals surface area contributed by atoms with Crippen LogP contribution in [-0.4, -0.2) is 49.8 Å². The summed E-state index contributed by atoms with van der Waals surface area (Å²) in [6.45, 7) is 4.32. The molecule has 86 valence electrons. The van der Waals surface area contributed by atoms with Crippen molar-refractivity contribution in [3.63, 3.8) is 0 Å². The molecule has 0 amide bonds. The average Bonchev–Trinajstić information content (AvgIpc) is 3.09.